The summed E-state index contributed by atoms with van der Waals surface area (Å²) in [5.74, 6) is 4.73. The third-order valence-electron chi connectivity index (χ3n) is 7.13. The van der Waals surface area contributed by atoms with E-state index < -0.39 is 0 Å². The highest BCUT2D eigenvalue weighted by Gasteiger charge is 2.24. The molecule has 0 amide bonds. The number of rotatable bonds is 3. The van der Waals surface area contributed by atoms with Crippen LogP contribution < -0.4 is 0 Å². The predicted octanol–water partition coefficient (Wildman–Crippen LogP) is 9.15. The zero-order valence-electron chi connectivity index (χ0n) is 21.0. The summed E-state index contributed by atoms with van der Waals surface area (Å²) in [6, 6.07) is 22.8. The molecule has 0 heterocycles. The molecule has 3 radical (unpaired) electrons. The summed E-state index contributed by atoms with van der Waals surface area (Å²) < 4.78 is 0. The van der Waals surface area contributed by atoms with Crippen LogP contribution in [0.1, 0.15) is 81.5 Å². The van der Waals surface area contributed by atoms with Crippen LogP contribution in [0.5, 0.6) is 0 Å². The van der Waals surface area contributed by atoms with Crippen LogP contribution in [0.15, 0.2) is 60.7 Å². The van der Waals surface area contributed by atoms with Gasteiger partial charge in [-0.25, -0.2) is 0 Å². The van der Waals surface area contributed by atoms with E-state index in [1.807, 2.05) is 0 Å². The third-order valence-corrected chi connectivity index (χ3v) is 7.25. The fraction of sp³-hybridized carbons (Fsp3) is 0.273. The maximum atomic E-state index is 3.46. The quantitative estimate of drug-likeness (QED) is 0.144. The molecule has 0 saturated carbocycles. The van der Waals surface area contributed by atoms with Gasteiger partial charge in [-0.3, -0.25) is 0 Å². The number of benzene rings is 5. The van der Waals surface area contributed by atoms with E-state index in [1.54, 1.807) is 0 Å². The summed E-state index contributed by atoms with van der Waals surface area (Å²) in [4.78, 5) is 0. The first-order chi connectivity index (χ1) is 16.3. The van der Waals surface area contributed by atoms with Gasteiger partial charge in [-0.05, 0) is 114 Å². The van der Waals surface area contributed by atoms with Crippen molar-refractivity contribution in [2.75, 3.05) is 0 Å². The Morgan fingerprint density at radius 2 is 0.971 bits per heavy atom. The molecule has 34 heavy (non-hydrogen) atoms. The molecule has 0 fully saturated rings. The van der Waals surface area contributed by atoms with Crippen molar-refractivity contribution in [1.29, 1.82) is 0 Å². The van der Waals surface area contributed by atoms with Crippen LogP contribution >= 0.6 is 0 Å². The first-order valence-corrected chi connectivity index (χ1v) is 12.9. The molecule has 1 heteroatoms. The smallest absolute Gasteiger partial charge is 0.133 e. The van der Waals surface area contributed by atoms with E-state index in [0.29, 0.717) is 17.8 Å². The summed E-state index contributed by atoms with van der Waals surface area (Å²) >= 11 is 0. The lowest BCUT2D eigenvalue weighted by molar-refractivity contribution is 0.753. The summed E-state index contributed by atoms with van der Waals surface area (Å²) in [6.45, 7) is 13.9. The monoisotopic (exact) mass is 455 g/mol. The van der Waals surface area contributed by atoms with E-state index >= 15 is 0 Å². The lowest BCUT2D eigenvalue weighted by Crippen LogP contribution is -2.09. The molecule has 5 aromatic rings. The molecule has 0 saturated heterocycles. The number of hydrogen-bond acceptors (Lipinski definition) is 0. The molecule has 0 aliphatic heterocycles. The molecule has 0 aliphatic rings. The van der Waals surface area contributed by atoms with Gasteiger partial charge in [0, 0.05) is 5.56 Å². The summed E-state index contributed by atoms with van der Waals surface area (Å²) in [5.41, 5.74) is 8.58. The van der Waals surface area contributed by atoms with Gasteiger partial charge < -0.3 is 0 Å². The van der Waals surface area contributed by atoms with Gasteiger partial charge in [0.2, 0.25) is 0 Å². The maximum absolute atomic E-state index is 3.46. The molecular weight excluding hydrogens is 424 g/mol. The first kappa shape index (κ1) is 22.7. The van der Waals surface area contributed by atoms with E-state index in [2.05, 4.69) is 124 Å². The standard InChI is InChI=1S/C33H31Si/c1-19(2)31-28(11-12-34)29-17-26-15-24-13-22-9-7-8-10-23(22)14-25(24)16-27(26)18-30(29)32(20(3)4)33(31)21(5)6/h7-10,13-21H,1-6H3. The van der Waals surface area contributed by atoms with Crippen LogP contribution in [0.4, 0.5) is 0 Å². The Labute approximate surface area is 206 Å². The molecule has 0 bridgehead atoms. The second-order valence-electron chi connectivity index (χ2n) is 10.5. The summed E-state index contributed by atoms with van der Waals surface area (Å²) in [7, 11) is 3.46. The van der Waals surface area contributed by atoms with Gasteiger partial charge in [0.05, 0.1) is 0 Å². The van der Waals surface area contributed by atoms with Gasteiger partial charge >= 0.3 is 0 Å². The van der Waals surface area contributed by atoms with E-state index in [1.165, 1.54) is 65.3 Å². The SMILES string of the molecule is CC(C)c1c(C(C)C)c(C(C)C)c2cc3cc4cc5ccccc5cc4cc3cc2c1C#C[Si]. The lowest BCUT2D eigenvalue weighted by atomic mass is 9.77. The fourth-order valence-corrected chi connectivity index (χ4v) is 5.91. The molecule has 5 aromatic carbocycles. The zero-order valence-corrected chi connectivity index (χ0v) is 22.0. The van der Waals surface area contributed by atoms with E-state index in [4.69, 9.17) is 0 Å². The average molecular weight is 456 g/mol. The second-order valence-corrected chi connectivity index (χ2v) is 10.7. The maximum Gasteiger partial charge on any atom is 0.147 e. The minimum absolute atomic E-state index is 0.403. The minimum atomic E-state index is 0.403. The highest BCUT2D eigenvalue weighted by atomic mass is 28.1. The van der Waals surface area contributed by atoms with Crippen molar-refractivity contribution < 1.29 is 0 Å². The van der Waals surface area contributed by atoms with E-state index in [0.717, 1.165) is 0 Å². The zero-order chi connectivity index (χ0) is 24.1. The van der Waals surface area contributed by atoms with Crippen molar-refractivity contribution in [3.63, 3.8) is 0 Å². The van der Waals surface area contributed by atoms with Crippen molar-refractivity contribution >= 4 is 53.3 Å². The molecule has 0 N–H and O–H groups in total. The number of fused-ring (bicyclic) bond motifs is 4. The molecule has 0 atom stereocenters. The van der Waals surface area contributed by atoms with E-state index in [9.17, 15) is 0 Å². The van der Waals surface area contributed by atoms with Crippen molar-refractivity contribution in [2.45, 2.75) is 59.3 Å². The highest BCUT2D eigenvalue weighted by Crippen LogP contribution is 2.43. The molecule has 0 aromatic heterocycles. The largest absolute Gasteiger partial charge is 0.147 e. The third kappa shape index (κ3) is 3.62. The Hall–Kier alpha value is -3.08. The topological polar surface area (TPSA) is 0 Å². The Kier molecular flexibility index (Phi) is 5.74. The molecule has 167 valence electrons. The first-order valence-electron chi connectivity index (χ1n) is 12.4. The van der Waals surface area contributed by atoms with Crippen LogP contribution in [-0.2, 0) is 0 Å². The fourth-order valence-electron chi connectivity index (χ4n) is 5.78. The van der Waals surface area contributed by atoms with Crippen molar-refractivity contribution in [3.8, 4) is 11.5 Å². The molecular formula is C33H31Si. The Bertz CT molecular complexity index is 1640. The number of hydrogen-bond donors (Lipinski definition) is 0. The molecule has 0 spiro atoms. The Morgan fingerprint density at radius 3 is 1.44 bits per heavy atom. The lowest BCUT2D eigenvalue weighted by Gasteiger charge is -2.27. The second kappa shape index (κ2) is 8.61. The van der Waals surface area contributed by atoms with Gasteiger partial charge in [0.25, 0.3) is 0 Å². The van der Waals surface area contributed by atoms with Gasteiger partial charge in [-0.15, -0.1) is 5.54 Å². The van der Waals surface area contributed by atoms with Gasteiger partial charge in [-0.2, -0.15) is 0 Å². The van der Waals surface area contributed by atoms with Crippen molar-refractivity contribution in [2.24, 2.45) is 0 Å². The summed E-state index contributed by atoms with van der Waals surface area (Å²) in [6.07, 6.45) is 0. The molecule has 0 unspecified atom stereocenters. The molecule has 0 aliphatic carbocycles. The molecule has 0 nitrogen and oxygen atoms in total. The van der Waals surface area contributed by atoms with Crippen LogP contribution in [0, 0.1) is 11.5 Å². The van der Waals surface area contributed by atoms with Gasteiger partial charge in [-0.1, -0.05) is 71.7 Å². The Balaban J connectivity index is 1.98. The van der Waals surface area contributed by atoms with Crippen LogP contribution in [-0.4, -0.2) is 10.2 Å². The Morgan fingerprint density at radius 1 is 0.529 bits per heavy atom. The van der Waals surface area contributed by atoms with Crippen molar-refractivity contribution in [3.05, 3.63) is 82.9 Å². The molecule has 5 rings (SSSR count). The van der Waals surface area contributed by atoms with E-state index in [-0.39, 0.29) is 0 Å². The van der Waals surface area contributed by atoms with Crippen LogP contribution in [0.2, 0.25) is 0 Å². The van der Waals surface area contributed by atoms with Crippen LogP contribution in [0.3, 0.4) is 0 Å². The van der Waals surface area contributed by atoms with Crippen LogP contribution in [0.25, 0.3) is 43.1 Å². The average Bonchev–Trinajstić information content (AvgIpc) is 2.79. The highest BCUT2D eigenvalue weighted by molar-refractivity contribution is 6.22. The minimum Gasteiger partial charge on any atom is -0.133 e. The normalized spacial score (nSPS) is 11.9. The predicted molar refractivity (Wildman–Crippen MR) is 151 cm³/mol. The van der Waals surface area contributed by atoms with Gasteiger partial charge in [0.1, 0.15) is 10.2 Å². The summed E-state index contributed by atoms with van der Waals surface area (Å²) in [5, 5.41) is 10.3. The van der Waals surface area contributed by atoms with Gasteiger partial charge in [0.15, 0.2) is 0 Å². The van der Waals surface area contributed by atoms with Crippen molar-refractivity contribution in [1.82, 2.24) is 0 Å².